The van der Waals surface area contributed by atoms with Crippen molar-refractivity contribution in [2.45, 2.75) is 39.5 Å². The fourth-order valence-corrected chi connectivity index (χ4v) is 2.94. The fourth-order valence-electron chi connectivity index (χ4n) is 2.32. The van der Waals surface area contributed by atoms with Crippen molar-refractivity contribution >= 4 is 21.7 Å². The summed E-state index contributed by atoms with van der Waals surface area (Å²) in [4.78, 5) is 12.5. The molecule has 0 heterocycles. The Hall–Kier alpha value is -1.11. The molecule has 1 unspecified atom stereocenters. The molecule has 0 N–H and O–H groups in total. The summed E-state index contributed by atoms with van der Waals surface area (Å²) in [7, 11) is 0. The molecule has 1 atom stereocenters. The number of halogens is 1. The number of benzene rings is 1. The molecule has 0 amide bonds. The number of terminal acetylenes is 1. The first-order valence-corrected chi connectivity index (χ1v) is 8.55. The Morgan fingerprint density at radius 1 is 1.32 bits per heavy atom. The topological polar surface area (TPSA) is 26.3 Å². The molecule has 1 rings (SSSR count). The molecular formula is C19H25BrO2. The normalized spacial score (nSPS) is 14.2. The van der Waals surface area contributed by atoms with Gasteiger partial charge >= 0.3 is 0 Å². The van der Waals surface area contributed by atoms with E-state index in [0.29, 0.717) is 25.0 Å². The summed E-state index contributed by atoms with van der Waals surface area (Å²) in [5, 5.41) is 0.314. The highest BCUT2D eigenvalue weighted by Crippen LogP contribution is 2.29. The Morgan fingerprint density at radius 3 is 2.55 bits per heavy atom. The lowest BCUT2D eigenvalue weighted by Gasteiger charge is -2.30. The standard InChI is InChI=1S/C19H25BrO2/c1-6-10-18(3,4)13-22-14-19(5,17(21)12-20)16-9-7-8-15(2)11-16/h1,7-9,11H,10,12-14H2,2-5H3. The zero-order valence-electron chi connectivity index (χ0n) is 13.9. The molecule has 0 aliphatic carbocycles. The van der Waals surface area contributed by atoms with Crippen LogP contribution in [-0.4, -0.2) is 24.3 Å². The molecule has 0 saturated heterocycles. The van der Waals surface area contributed by atoms with Gasteiger partial charge in [-0.15, -0.1) is 12.3 Å². The molecule has 0 radical (unpaired) electrons. The number of ether oxygens (including phenoxy) is 1. The molecular weight excluding hydrogens is 340 g/mol. The van der Waals surface area contributed by atoms with Gasteiger partial charge < -0.3 is 4.74 Å². The third-order valence-corrected chi connectivity index (χ3v) is 4.37. The van der Waals surface area contributed by atoms with Crippen LogP contribution in [0.4, 0.5) is 0 Å². The van der Waals surface area contributed by atoms with Crippen LogP contribution >= 0.6 is 15.9 Å². The molecule has 0 aliphatic rings. The van der Waals surface area contributed by atoms with E-state index in [-0.39, 0.29) is 11.2 Å². The number of ketones is 1. The van der Waals surface area contributed by atoms with Crippen molar-refractivity contribution in [3.63, 3.8) is 0 Å². The lowest BCUT2D eigenvalue weighted by atomic mass is 9.79. The zero-order chi connectivity index (χ0) is 16.8. The van der Waals surface area contributed by atoms with Crippen molar-refractivity contribution in [2.24, 2.45) is 5.41 Å². The molecule has 22 heavy (non-hydrogen) atoms. The number of carbonyl (C=O) groups excluding carboxylic acids is 1. The summed E-state index contributed by atoms with van der Waals surface area (Å²) in [6.07, 6.45) is 6.04. The van der Waals surface area contributed by atoms with Gasteiger partial charge in [0.2, 0.25) is 0 Å². The molecule has 2 nitrogen and oxygen atoms in total. The van der Waals surface area contributed by atoms with E-state index in [1.165, 1.54) is 0 Å². The van der Waals surface area contributed by atoms with Gasteiger partial charge in [-0.3, -0.25) is 4.79 Å². The van der Waals surface area contributed by atoms with Crippen LogP contribution in [-0.2, 0) is 14.9 Å². The third-order valence-electron chi connectivity index (χ3n) is 3.86. The first-order chi connectivity index (χ1) is 10.2. The third kappa shape index (κ3) is 4.97. The second kappa shape index (κ2) is 7.94. The molecule has 3 heteroatoms. The predicted molar refractivity (Wildman–Crippen MR) is 95.4 cm³/mol. The molecule has 0 bridgehead atoms. The Kier molecular flexibility index (Phi) is 6.84. The summed E-state index contributed by atoms with van der Waals surface area (Å²) >= 11 is 3.29. The highest BCUT2D eigenvalue weighted by Gasteiger charge is 2.35. The van der Waals surface area contributed by atoms with Gasteiger partial charge in [-0.05, 0) is 24.8 Å². The number of alkyl halides is 1. The first kappa shape index (κ1) is 18.9. The van der Waals surface area contributed by atoms with Gasteiger partial charge in [0, 0.05) is 6.42 Å². The summed E-state index contributed by atoms with van der Waals surface area (Å²) in [5.41, 5.74) is 1.40. The second-order valence-corrected chi connectivity index (χ2v) is 7.36. The summed E-state index contributed by atoms with van der Waals surface area (Å²) in [6.45, 7) is 9.01. The lowest BCUT2D eigenvalue weighted by molar-refractivity contribution is -0.124. The van der Waals surface area contributed by atoms with E-state index >= 15 is 0 Å². The van der Waals surface area contributed by atoms with Crippen LogP contribution in [0.25, 0.3) is 0 Å². The molecule has 120 valence electrons. The van der Waals surface area contributed by atoms with E-state index in [1.807, 2.05) is 32.0 Å². The van der Waals surface area contributed by atoms with Crippen molar-refractivity contribution in [1.82, 2.24) is 0 Å². The van der Waals surface area contributed by atoms with Crippen LogP contribution in [0.5, 0.6) is 0 Å². The quantitative estimate of drug-likeness (QED) is 0.508. The Morgan fingerprint density at radius 2 is 2.00 bits per heavy atom. The van der Waals surface area contributed by atoms with Crippen LogP contribution in [0.2, 0.25) is 0 Å². The van der Waals surface area contributed by atoms with Gasteiger partial charge in [0.05, 0.1) is 24.0 Å². The van der Waals surface area contributed by atoms with Crippen LogP contribution in [0, 0.1) is 24.7 Å². The van der Waals surface area contributed by atoms with Crippen molar-refractivity contribution in [1.29, 1.82) is 0 Å². The fraction of sp³-hybridized carbons (Fsp3) is 0.526. The monoisotopic (exact) mass is 364 g/mol. The number of rotatable bonds is 8. The number of carbonyl (C=O) groups is 1. The minimum Gasteiger partial charge on any atom is -0.379 e. The van der Waals surface area contributed by atoms with Crippen molar-refractivity contribution < 1.29 is 9.53 Å². The first-order valence-electron chi connectivity index (χ1n) is 7.43. The summed E-state index contributed by atoms with van der Waals surface area (Å²) in [6, 6.07) is 8.05. The number of hydrogen-bond acceptors (Lipinski definition) is 2. The van der Waals surface area contributed by atoms with E-state index in [9.17, 15) is 4.79 Å². The zero-order valence-corrected chi connectivity index (χ0v) is 15.5. The van der Waals surface area contributed by atoms with E-state index in [4.69, 9.17) is 11.2 Å². The lowest BCUT2D eigenvalue weighted by Crippen LogP contribution is -2.39. The molecule has 0 spiro atoms. The second-order valence-electron chi connectivity index (χ2n) is 6.80. The van der Waals surface area contributed by atoms with Crippen molar-refractivity contribution in [3.8, 4) is 12.3 Å². The maximum atomic E-state index is 12.5. The van der Waals surface area contributed by atoms with Gasteiger partial charge in [-0.1, -0.05) is 59.6 Å². The van der Waals surface area contributed by atoms with Gasteiger partial charge in [0.1, 0.15) is 0 Å². The van der Waals surface area contributed by atoms with E-state index in [1.54, 1.807) is 0 Å². The van der Waals surface area contributed by atoms with E-state index in [2.05, 4.69) is 41.8 Å². The smallest absolute Gasteiger partial charge is 0.155 e. The van der Waals surface area contributed by atoms with Gasteiger partial charge in [-0.25, -0.2) is 0 Å². The Bertz CT molecular complexity index is 557. The average molecular weight is 365 g/mol. The molecule has 1 aromatic rings. The SMILES string of the molecule is C#CCC(C)(C)COCC(C)(C(=O)CBr)c1cccc(C)c1. The molecule has 0 aromatic heterocycles. The minimum absolute atomic E-state index is 0.0836. The summed E-state index contributed by atoms with van der Waals surface area (Å²) < 4.78 is 5.90. The average Bonchev–Trinajstić information content (AvgIpc) is 2.45. The van der Waals surface area contributed by atoms with E-state index < -0.39 is 5.41 Å². The van der Waals surface area contributed by atoms with Crippen LogP contribution in [0.15, 0.2) is 24.3 Å². The molecule has 1 aromatic carbocycles. The van der Waals surface area contributed by atoms with Crippen LogP contribution < -0.4 is 0 Å². The van der Waals surface area contributed by atoms with Crippen molar-refractivity contribution in [2.75, 3.05) is 18.5 Å². The predicted octanol–water partition coefficient (Wildman–Crippen LogP) is 4.28. The Balaban J connectivity index is 2.91. The highest BCUT2D eigenvalue weighted by atomic mass is 79.9. The van der Waals surface area contributed by atoms with E-state index in [0.717, 1.165) is 11.1 Å². The van der Waals surface area contributed by atoms with Gasteiger partial charge in [0.25, 0.3) is 0 Å². The largest absolute Gasteiger partial charge is 0.379 e. The van der Waals surface area contributed by atoms with Crippen LogP contribution in [0.1, 0.15) is 38.3 Å². The van der Waals surface area contributed by atoms with Gasteiger partial charge in [-0.2, -0.15) is 0 Å². The highest BCUT2D eigenvalue weighted by molar-refractivity contribution is 9.09. The van der Waals surface area contributed by atoms with Crippen molar-refractivity contribution in [3.05, 3.63) is 35.4 Å². The molecule has 0 saturated carbocycles. The maximum absolute atomic E-state index is 12.5. The maximum Gasteiger partial charge on any atom is 0.155 e. The minimum atomic E-state index is -0.651. The van der Waals surface area contributed by atoms with Crippen LogP contribution in [0.3, 0.4) is 0 Å². The molecule has 0 aliphatic heterocycles. The summed E-state index contributed by atoms with van der Waals surface area (Å²) in [5.74, 6) is 2.79. The number of hydrogen-bond donors (Lipinski definition) is 0. The van der Waals surface area contributed by atoms with Gasteiger partial charge in [0.15, 0.2) is 5.78 Å². The number of aryl methyl sites for hydroxylation is 1. The number of Topliss-reactive ketones (excluding diaryl/α,β-unsaturated/α-hetero) is 1. The molecule has 0 fully saturated rings. The Labute approximate surface area is 142 Å².